The second-order valence-electron chi connectivity index (χ2n) is 5.59. The minimum absolute atomic E-state index is 0.263. The molecule has 1 atom stereocenters. The lowest BCUT2D eigenvalue weighted by Gasteiger charge is -2.29. The van der Waals surface area contributed by atoms with Gasteiger partial charge < -0.3 is 0 Å². The largest absolute Gasteiger partial charge is 0.300 e. The predicted octanol–water partition coefficient (Wildman–Crippen LogP) is 4.72. The van der Waals surface area contributed by atoms with Crippen molar-refractivity contribution in [1.29, 1.82) is 0 Å². The highest BCUT2D eigenvalue weighted by atomic mass is 35.5. The molecule has 0 spiro atoms. The van der Waals surface area contributed by atoms with Gasteiger partial charge in [-0.2, -0.15) is 0 Å². The van der Waals surface area contributed by atoms with Gasteiger partial charge >= 0.3 is 0 Å². The first-order chi connectivity index (χ1) is 9.58. The lowest BCUT2D eigenvalue weighted by molar-refractivity contribution is -0.118. The third-order valence-electron chi connectivity index (χ3n) is 3.93. The summed E-state index contributed by atoms with van der Waals surface area (Å²) in [7, 11) is 0. The van der Waals surface area contributed by atoms with E-state index in [4.69, 9.17) is 23.2 Å². The Morgan fingerprint density at radius 3 is 2.85 bits per heavy atom. The number of nitrogens with zero attached hydrogens (tertiary/aromatic N) is 1. The Morgan fingerprint density at radius 2 is 2.10 bits per heavy atom. The summed E-state index contributed by atoms with van der Waals surface area (Å²) in [5, 5.41) is 1.24. The van der Waals surface area contributed by atoms with E-state index in [1.165, 1.54) is 19.3 Å². The van der Waals surface area contributed by atoms with Crippen LogP contribution in [0.3, 0.4) is 0 Å². The molecule has 2 rings (SSSR count). The third kappa shape index (κ3) is 4.21. The van der Waals surface area contributed by atoms with Crippen molar-refractivity contribution in [1.82, 2.24) is 4.90 Å². The number of Topliss-reactive ketones (excluding diaryl/α,β-unsaturated/α-hetero) is 1. The van der Waals surface area contributed by atoms with E-state index in [1.807, 2.05) is 18.2 Å². The Bertz CT molecular complexity index is 476. The highest BCUT2D eigenvalue weighted by Crippen LogP contribution is 2.29. The average molecular weight is 314 g/mol. The maximum atomic E-state index is 11.5. The van der Waals surface area contributed by atoms with E-state index < -0.39 is 0 Å². The first kappa shape index (κ1) is 15.8. The van der Waals surface area contributed by atoms with Crippen LogP contribution < -0.4 is 0 Å². The van der Waals surface area contributed by atoms with Gasteiger partial charge in [0.25, 0.3) is 0 Å². The lowest BCUT2D eigenvalue weighted by Crippen LogP contribution is -2.35. The van der Waals surface area contributed by atoms with Crippen molar-refractivity contribution in [2.45, 2.75) is 51.6 Å². The van der Waals surface area contributed by atoms with Gasteiger partial charge in [0.2, 0.25) is 0 Å². The Kier molecular flexibility index (Phi) is 5.88. The quantitative estimate of drug-likeness (QED) is 0.801. The summed E-state index contributed by atoms with van der Waals surface area (Å²) in [6.07, 6.45) is 5.37. The van der Waals surface area contributed by atoms with Gasteiger partial charge in [0.05, 0.1) is 10.0 Å². The third-order valence-corrected chi connectivity index (χ3v) is 4.79. The molecule has 1 aromatic rings. The molecule has 20 heavy (non-hydrogen) atoms. The average Bonchev–Trinajstić information content (AvgIpc) is 2.60. The van der Waals surface area contributed by atoms with Crippen LogP contribution in [0.25, 0.3) is 0 Å². The first-order valence-corrected chi connectivity index (χ1v) is 8.00. The minimum atomic E-state index is 0.263. The molecule has 1 aliphatic heterocycles. The van der Waals surface area contributed by atoms with Crippen molar-refractivity contribution in [3.05, 3.63) is 33.8 Å². The molecule has 0 aliphatic carbocycles. The maximum absolute atomic E-state index is 11.5. The summed E-state index contributed by atoms with van der Waals surface area (Å²) in [6.45, 7) is 3.48. The molecule has 0 bridgehead atoms. The van der Waals surface area contributed by atoms with E-state index in [0.717, 1.165) is 25.1 Å². The van der Waals surface area contributed by atoms with Gasteiger partial charge in [0, 0.05) is 19.0 Å². The Morgan fingerprint density at radius 1 is 1.30 bits per heavy atom. The van der Waals surface area contributed by atoms with Crippen molar-refractivity contribution in [2.24, 2.45) is 0 Å². The summed E-state index contributed by atoms with van der Waals surface area (Å²) in [4.78, 5) is 13.9. The lowest BCUT2D eigenvalue weighted by atomic mass is 10.0. The van der Waals surface area contributed by atoms with E-state index in [-0.39, 0.29) is 5.78 Å². The fourth-order valence-electron chi connectivity index (χ4n) is 2.90. The standard InChI is InChI=1S/C16H21Cl2NO/c1-12(20)10-14-7-3-2-4-9-19(14)11-13-6-5-8-15(17)16(13)18/h5-6,8,14H,2-4,7,9-11H2,1H3. The van der Waals surface area contributed by atoms with Crippen molar-refractivity contribution >= 4 is 29.0 Å². The van der Waals surface area contributed by atoms with E-state index in [9.17, 15) is 4.79 Å². The van der Waals surface area contributed by atoms with Crippen LogP contribution >= 0.6 is 23.2 Å². The van der Waals surface area contributed by atoms with E-state index in [0.29, 0.717) is 22.5 Å². The number of halogens is 2. The summed E-state index contributed by atoms with van der Waals surface area (Å²) in [6, 6.07) is 6.10. The SMILES string of the molecule is CC(=O)CC1CCCCCN1Cc1cccc(Cl)c1Cl. The molecule has 1 aliphatic rings. The minimum Gasteiger partial charge on any atom is -0.300 e. The smallest absolute Gasteiger partial charge is 0.131 e. The summed E-state index contributed by atoms with van der Waals surface area (Å²) >= 11 is 12.4. The molecule has 0 saturated carbocycles. The van der Waals surface area contributed by atoms with Crippen molar-refractivity contribution in [2.75, 3.05) is 6.54 Å². The zero-order valence-electron chi connectivity index (χ0n) is 11.9. The molecule has 0 radical (unpaired) electrons. The Hall–Kier alpha value is -0.570. The number of ketones is 1. The number of carbonyl (C=O) groups is 1. The van der Waals surface area contributed by atoms with Crippen LogP contribution in [-0.4, -0.2) is 23.3 Å². The van der Waals surface area contributed by atoms with Crippen LogP contribution in [0.5, 0.6) is 0 Å². The highest BCUT2D eigenvalue weighted by Gasteiger charge is 2.23. The van der Waals surface area contributed by atoms with Crippen LogP contribution in [0.4, 0.5) is 0 Å². The Balaban J connectivity index is 2.14. The molecule has 110 valence electrons. The second-order valence-corrected chi connectivity index (χ2v) is 6.38. The van der Waals surface area contributed by atoms with E-state index in [1.54, 1.807) is 6.92 Å². The molecule has 1 aromatic carbocycles. The van der Waals surface area contributed by atoms with Gasteiger partial charge in [-0.25, -0.2) is 0 Å². The fraction of sp³-hybridized carbons (Fsp3) is 0.562. The molecule has 0 aromatic heterocycles. The fourth-order valence-corrected chi connectivity index (χ4v) is 3.28. The molecule has 1 fully saturated rings. The molecule has 0 N–H and O–H groups in total. The van der Waals surface area contributed by atoms with Gasteiger partial charge in [-0.05, 0) is 37.9 Å². The zero-order valence-corrected chi connectivity index (χ0v) is 13.4. The predicted molar refractivity (Wildman–Crippen MR) is 84.4 cm³/mol. The number of rotatable bonds is 4. The van der Waals surface area contributed by atoms with E-state index >= 15 is 0 Å². The van der Waals surface area contributed by atoms with Crippen LogP contribution in [0, 0.1) is 0 Å². The molecule has 2 nitrogen and oxygen atoms in total. The van der Waals surface area contributed by atoms with Crippen LogP contribution in [0.15, 0.2) is 18.2 Å². The zero-order chi connectivity index (χ0) is 14.5. The molecular weight excluding hydrogens is 293 g/mol. The van der Waals surface area contributed by atoms with E-state index in [2.05, 4.69) is 4.90 Å². The van der Waals surface area contributed by atoms with Crippen LogP contribution in [-0.2, 0) is 11.3 Å². The number of carbonyl (C=O) groups excluding carboxylic acids is 1. The van der Waals surface area contributed by atoms with Gasteiger partial charge in [0.1, 0.15) is 5.78 Å². The van der Waals surface area contributed by atoms with Gasteiger partial charge in [-0.1, -0.05) is 48.2 Å². The molecule has 0 amide bonds. The summed E-state index contributed by atoms with van der Waals surface area (Å²) in [5.74, 6) is 0.263. The molecule has 4 heteroatoms. The van der Waals surface area contributed by atoms with Gasteiger partial charge in [-0.15, -0.1) is 0 Å². The number of benzene rings is 1. The molecule has 1 saturated heterocycles. The second kappa shape index (κ2) is 7.44. The van der Waals surface area contributed by atoms with Crippen molar-refractivity contribution in [3.8, 4) is 0 Å². The monoisotopic (exact) mass is 313 g/mol. The van der Waals surface area contributed by atoms with Crippen molar-refractivity contribution in [3.63, 3.8) is 0 Å². The normalized spacial score (nSPS) is 20.6. The van der Waals surface area contributed by atoms with Crippen molar-refractivity contribution < 1.29 is 4.79 Å². The van der Waals surface area contributed by atoms with Gasteiger partial charge in [0.15, 0.2) is 0 Å². The summed E-state index contributed by atoms with van der Waals surface area (Å²) in [5.41, 5.74) is 1.05. The van der Waals surface area contributed by atoms with Crippen LogP contribution in [0.1, 0.15) is 44.6 Å². The first-order valence-electron chi connectivity index (χ1n) is 7.24. The molecule has 1 heterocycles. The summed E-state index contributed by atoms with van der Waals surface area (Å²) < 4.78 is 0. The van der Waals surface area contributed by atoms with Gasteiger partial charge in [-0.3, -0.25) is 9.69 Å². The highest BCUT2D eigenvalue weighted by molar-refractivity contribution is 6.42. The topological polar surface area (TPSA) is 20.3 Å². The maximum Gasteiger partial charge on any atom is 0.131 e. The number of hydrogen-bond donors (Lipinski definition) is 0. The number of likely N-dealkylation sites (tertiary alicyclic amines) is 1. The number of hydrogen-bond acceptors (Lipinski definition) is 2. The van der Waals surface area contributed by atoms with Crippen LogP contribution in [0.2, 0.25) is 10.0 Å². The molecule has 1 unspecified atom stereocenters. The Labute approximate surface area is 131 Å². The molecular formula is C16H21Cl2NO.